The molecule has 0 spiro atoms. The fourth-order valence-corrected chi connectivity index (χ4v) is 3.28. The molecule has 0 bridgehead atoms. The van der Waals surface area contributed by atoms with E-state index in [0.717, 1.165) is 17.8 Å². The monoisotopic (exact) mass is 246 g/mol. The lowest BCUT2D eigenvalue weighted by Crippen LogP contribution is -2.14. The summed E-state index contributed by atoms with van der Waals surface area (Å²) in [4.78, 5) is 0. The number of rotatable bonds is 5. The van der Waals surface area contributed by atoms with Crippen LogP contribution in [0.2, 0.25) is 0 Å². The molecule has 0 N–H and O–H groups in total. The normalized spacial score (nSPS) is 29.6. The fourth-order valence-electron chi connectivity index (χ4n) is 3.28. The Morgan fingerprint density at radius 1 is 1.22 bits per heavy atom. The maximum absolute atomic E-state index is 2.46. The van der Waals surface area contributed by atoms with Crippen molar-refractivity contribution in [2.45, 2.75) is 72.1 Å². The van der Waals surface area contributed by atoms with Crippen LogP contribution >= 0.6 is 0 Å². The molecule has 18 heavy (non-hydrogen) atoms. The van der Waals surface area contributed by atoms with Gasteiger partial charge in [-0.1, -0.05) is 62.8 Å². The third kappa shape index (κ3) is 4.63. The van der Waals surface area contributed by atoms with E-state index in [1.165, 1.54) is 51.4 Å². The summed E-state index contributed by atoms with van der Waals surface area (Å²) in [6.07, 6.45) is 16.1. The summed E-state index contributed by atoms with van der Waals surface area (Å²) in [6, 6.07) is 0. The van der Waals surface area contributed by atoms with E-state index in [-0.39, 0.29) is 0 Å². The third-order valence-corrected chi connectivity index (χ3v) is 4.83. The van der Waals surface area contributed by atoms with E-state index in [1.54, 1.807) is 11.1 Å². The van der Waals surface area contributed by atoms with Gasteiger partial charge in [-0.2, -0.15) is 0 Å². The SMILES string of the molecule is CC(C/C=C\C(C)CC1CCC(C)CC1)=C1CC1. The Morgan fingerprint density at radius 2 is 1.89 bits per heavy atom. The van der Waals surface area contributed by atoms with Gasteiger partial charge in [0.2, 0.25) is 0 Å². The summed E-state index contributed by atoms with van der Waals surface area (Å²) in [5.74, 6) is 2.77. The van der Waals surface area contributed by atoms with Gasteiger partial charge in [0.15, 0.2) is 0 Å². The van der Waals surface area contributed by atoms with Gasteiger partial charge < -0.3 is 0 Å². The smallest absolute Gasteiger partial charge is 0.0139 e. The van der Waals surface area contributed by atoms with Crippen molar-refractivity contribution in [3.63, 3.8) is 0 Å². The Labute approximate surface area is 114 Å². The Kier molecular flexibility index (Phi) is 5.09. The van der Waals surface area contributed by atoms with Crippen molar-refractivity contribution in [1.29, 1.82) is 0 Å². The Balaban J connectivity index is 1.66. The molecule has 0 nitrogen and oxygen atoms in total. The highest BCUT2D eigenvalue weighted by Crippen LogP contribution is 2.34. The molecular formula is C18H30. The van der Waals surface area contributed by atoms with Crippen molar-refractivity contribution in [3.8, 4) is 0 Å². The minimum Gasteiger partial charge on any atom is -0.0854 e. The first-order chi connectivity index (χ1) is 8.65. The zero-order chi connectivity index (χ0) is 13.0. The minimum absolute atomic E-state index is 0.778. The first-order valence-electron chi connectivity index (χ1n) is 7.99. The van der Waals surface area contributed by atoms with E-state index in [0.29, 0.717) is 0 Å². The molecule has 2 aliphatic carbocycles. The van der Waals surface area contributed by atoms with Crippen LogP contribution in [0.5, 0.6) is 0 Å². The van der Waals surface area contributed by atoms with Crippen LogP contribution in [0.25, 0.3) is 0 Å². The molecule has 0 heterocycles. The Morgan fingerprint density at radius 3 is 2.50 bits per heavy atom. The molecule has 0 radical (unpaired) electrons. The van der Waals surface area contributed by atoms with Crippen molar-refractivity contribution >= 4 is 0 Å². The van der Waals surface area contributed by atoms with Crippen LogP contribution in [-0.2, 0) is 0 Å². The molecule has 0 aromatic carbocycles. The number of hydrogen-bond acceptors (Lipinski definition) is 0. The van der Waals surface area contributed by atoms with Crippen LogP contribution in [0.3, 0.4) is 0 Å². The predicted octanol–water partition coefficient (Wildman–Crippen LogP) is 5.90. The Bertz CT molecular complexity index is 307. The zero-order valence-corrected chi connectivity index (χ0v) is 12.5. The summed E-state index contributed by atoms with van der Waals surface area (Å²) in [5.41, 5.74) is 3.35. The van der Waals surface area contributed by atoms with Crippen LogP contribution in [0.1, 0.15) is 72.1 Å². The van der Waals surface area contributed by atoms with Crippen molar-refractivity contribution in [1.82, 2.24) is 0 Å². The predicted molar refractivity (Wildman–Crippen MR) is 80.6 cm³/mol. The van der Waals surface area contributed by atoms with E-state index < -0.39 is 0 Å². The molecule has 0 aromatic rings. The topological polar surface area (TPSA) is 0 Å². The van der Waals surface area contributed by atoms with E-state index in [1.807, 2.05) is 0 Å². The summed E-state index contributed by atoms with van der Waals surface area (Å²) in [7, 11) is 0. The highest BCUT2D eigenvalue weighted by Gasteiger charge is 2.19. The van der Waals surface area contributed by atoms with Gasteiger partial charge in [0.1, 0.15) is 0 Å². The first kappa shape index (κ1) is 13.9. The van der Waals surface area contributed by atoms with Gasteiger partial charge in [0.05, 0.1) is 0 Å². The van der Waals surface area contributed by atoms with E-state index in [9.17, 15) is 0 Å². The summed E-state index contributed by atoms with van der Waals surface area (Å²) < 4.78 is 0. The number of allylic oxidation sites excluding steroid dienone is 4. The maximum Gasteiger partial charge on any atom is -0.0139 e. The molecule has 2 saturated carbocycles. The maximum atomic E-state index is 2.46. The molecule has 102 valence electrons. The van der Waals surface area contributed by atoms with Crippen LogP contribution in [-0.4, -0.2) is 0 Å². The molecule has 0 heteroatoms. The average Bonchev–Trinajstić information content (AvgIpc) is 3.16. The van der Waals surface area contributed by atoms with Crippen molar-refractivity contribution in [3.05, 3.63) is 23.3 Å². The van der Waals surface area contributed by atoms with Gasteiger partial charge in [-0.05, 0) is 50.4 Å². The van der Waals surface area contributed by atoms with E-state index >= 15 is 0 Å². The highest BCUT2D eigenvalue weighted by molar-refractivity contribution is 5.25. The quantitative estimate of drug-likeness (QED) is 0.530. The fraction of sp³-hybridized carbons (Fsp3) is 0.778. The summed E-state index contributed by atoms with van der Waals surface area (Å²) in [5, 5.41) is 0. The summed E-state index contributed by atoms with van der Waals surface area (Å²) in [6.45, 7) is 7.11. The molecule has 0 aliphatic heterocycles. The van der Waals surface area contributed by atoms with Crippen molar-refractivity contribution < 1.29 is 0 Å². The standard InChI is InChI=1S/C18H30/c1-14-7-9-17(10-8-14)13-15(2)5-4-6-16(3)18-11-12-18/h4-5,14-15,17H,6-13H2,1-3H3/b5-4-. The van der Waals surface area contributed by atoms with Gasteiger partial charge in [0, 0.05) is 0 Å². The molecule has 2 rings (SSSR count). The molecule has 2 aliphatic rings. The molecule has 0 amide bonds. The molecule has 2 fully saturated rings. The number of hydrogen-bond donors (Lipinski definition) is 0. The molecule has 0 saturated heterocycles. The van der Waals surface area contributed by atoms with E-state index in [4.69, 9.17) is 0 Å². The minimum atomic E-state index is 0.778. The van der Waals surface area contributed by atoms with E-state index in [2.05, 4.69) is 32.9 Å². The molecule has 1 unspecified atom stereocenters. The lowest BCUT2D eigenvalue weighted by Gasteiger charge is -2.27. The largest absolute Gasteiger partial charge is 0.0854 e. The zero-order valence-electron chi connectivity index (χ0n) is 12.5. The van der Waals surface area contributed by atoms with Crippen LogP contribution < -0.4 is 0 Å². The lowest BCUT2D eigenvalue weighted by atomic mass is 9.79. The second-order valence-electron chi connectivity index (χ2n) is 6.86. The van der Waals surface area contributed by atoms with Gasteiger partial charge in [0.25, 0.3) is 0 Å². The van der Waals surface area contributed by atoms with Crippen LogP contribution in [0.15, 0.2) is 23.3 Å². The van der Waals surface area contributed by atoms with Gasteiger partial charge in [-0.25, -0.2) is 0 Å². The second-order valence-corrected chi connectivity index (χ2v) is 6.86. The average molecular weight is 246 g/mol. The second kappa shape index (κ2) is 6.59. The lowest BCUT2D eigenvalue weighted by molar-refractivity contribution is 0.262. The van der Waals surface area contributed by atoms with Gasteiger partial charge in [-0.3, -0.25) is 0 Å². The molecular weight excluding hydrogens is 216 g/mol. The van der Waals surface area contributed by atoms with Crippen molar-refractivity contribution in [2.75, 3.05) is 0 Å². The Hall–Kier alpha value is -0.520. The third-order valence-electron chi connectivity index (χ3n) is 4.83. The van der Waals surface area contributed by atoms with Crippen LogP contribution in [0.4, 0.5) is 0 Å². The van der Waals surface area contributed by atoms with Gasteiger partial charge in [-0.15, -0.1) is 0 Å². The molecule has 1 atom stereocenters. The van der Waals surface area contributed by atoms with Crippen LogP contribution in [0, 0.1) is 17.8 Å². The summed E-state index contributed by atoms with van der Waals surface area (Å²) >= 11 is 0. The highest BCUT2D eigenvalue weighted by atomic mass is 14.2. The molecule has 0 aromatic heterocycles. The van der Waals surface area contributed by atoms with Gasteiger partial charge >= 0.3 is 0 Å². The van der Waals surface area contributed by atoms with Crippen molar-refractivity contribution in [2.24, 2.45) is 17.8 Å². The first-order valence-corrected chi connectivity index (χ1v) is 7.99.